The molecule has 0 fully saturated rings. The van der Waals surface area contributed by atoms with Crippen molar-refractivity contribution in [2.75, 3.05) is 19.0 Å². The van der Waals surface area contributed by atoms with Crippen LogP contribution in [0.4, 0.5) is 11.4 Å². The standard InChI is InChI=1S/C13H26O3.C8H11N3O3S.Na/c1-5-6-7-8-9-10-11(12(14)16-15)13(2,3)4;1-11(2)8-5-3-7(4-6-8)9-10-15(12,13)14;/h11,15H,5-10H2,1-4H3;3-6H,1-2H3,(H,12,13,14);/q;;+1/p-1. The number of rotatable bonds is 10. The van der Waals surface area contributed by atoms with Crippen LogP contribution in [0.2, 0.25) is 0 Å². The van der Waals surface area contributed by atoms with Gasteiger partial charge in [-0.25, -0.2) is 13.2 Å². The molecule has 0 spiro atoms. The molecule has 1 N–H and O–H groups in total. The molecular formula is C21H36N3NaO6S. The predicted molar refractivity (Wildman–Crippen MR) is 120 cm³/mol. The van der Waals surface area contributed by atoms with Crippen LogP contribution in [0.15, 0.2) is 33.9 Å². The second kappa shape index (κ2) is 16.6. The van der Waals surface area contributed by atoms with Crippen molar-refractivity contribution in [1.29, 1.82) is 0 Å². The van der Waals surface area contributed by atoms with E-state index in [9.17, 15) is 17.8 Å². The molecule has 11 heteroatoms. The van der Waals surface area contributed by atoms with E-state index in [1.54, 1.807) is 24.3 Å². The maximum Gasteiger partial charge on any atom is 1.00 e. The van der Waals surface area contributed by atoms with Crippen molar-refractivity contribution < 1.29 is 57.5 Å². The summed E-state index contributed by atoms with van der Waals surface area (Å²) in [5.41, 5.74) is 1.11. The van der Waals surface area contributed by atoms with Gasteiger partial charge in [-0.15, -0.1) is 5.11 Å². The summed E-state index contributed by atoms with van der Waals surface area (Å²) in [6.07, 6.45) is 6.68. The Labute approximate surface area is 214 Å². The van der Waals surface area contributed by atoms with Crippen LogP contribution in [0.1, 0.15) is 66.2 Å². The Morgan fingerprint density at radius 2 is 1.66 bits per heavy atom. The van der Waals surface area contributed by atoms with Gasteiger partial charge < -0.3 is 14.3 Å². The van der Waals surface area contributed by atoms with Crippen LogP contribution < -0.4 is 34.5 Å². The molecule has 0 bridgehead atoms. The van der Waals surface area contributed by atoms with E-state index >= 15 is 0 Å². The first kappa shape index (κ1) is 33.1. The third-order valence-corrected chi connectivity index (χ3v) is 4.92. The number of hydrogen-bond donors (Lipinski definition) is 1. The Morgan fingerprint density at radius 1 is 1.12 bits per heavy atom. The summed E-state index contributed by atoms with van der Waals surface area (Å²) in [7, 11) is -0.904. The zero-order valence-corrected chi connectivity index (χ0v) is 23.2. The first-order valence-electron chi connectivity index (χ1n) is 10.3. The van der Waals surface area contributed by atoms with Crippen molar-refractivity contribution in [1.82, 2.24) is 0 Å². The Morgan fingerprint density at radius 3 is 2.06 bits per heavy atom. The van der Waals surface area contributed by atoms with Gasteiger partial charge in [0.2, 0.25) is 10.3 Å². The van der Waals surface area contributed by atoms with Crippen molar-refractivity contribution in [3.63, 3.8) is 0 Å². The van der Waals surface area contributed by atoms with Crippen LogP contribution in [-0.2, 0) is 20.0 Å². The van der Waals surface area contributed by atoms with Crippen molar-refractivity contribution >= 4 is 27.6 Å². The Bertz CT molecular complexity index is 778. The minimum atomic E-state index is -4.65. The zero-order valence-electron chi connectivity index (χ0n) is 20.4. The smallest absolute Gasteiger partial charge is 0.728 e. The fraction of sp³-hybridized carbons (Fsp3) is 0.667. The summed E-state index contributed by atoms with van der Waals surface area (Å²) in [5.74, 6) is -0.706. The van der Waals surface area contributed by atoms with Gasteiger partial charge in [-0.3, -0.25) is 0 Å². The Hall–Kier alpha value is -1.04. The molecule has 0 aliphatic heterocycles. The number of carbonyl (C=O) groups is 1. The molecule has 32 heavy (non-hydrogen) atoms. The number of unbranched alkanes of at least 4 members (excludes halogenated alkanes) is 4. The van der Waals surface area contributed by atoms with E-state index < -0.39 is 16.3 Å². The van der Waals surface area contributed by atoms with Crippen LogP contribution in [0.5, 0.6) is 0 Å². The normalized spacial score (nSPS) is 12.4. The Kier molecular flexibility index (Phi) is 17.1. The van der Waals surface area contributed by atoms with E-state index in [-0.39, 0.29) is 40.9 Å². The molecule has 1 rings (SSSR count). The zero-order chi connectivity index (χ0) is 24.1. The van der Waals surface area contributed by atoms with E-state index in [1.807, 2.05) is 39.8 Å². The van der Waals surface area contributed by atoms with Gasteiger partial charge >= 0.3 is 35.5 Å². The second-order valence-corrected chi connectivity index (χ2v) is 9.57. The van der Waals surface area contributed by atoms with E-state index in [2.05, 4.69) is 21.4 Å². The summed E-state index contributed by atoms with van der Waals surface area (Å²) >= 11 is 0. The predicted octanol–water partition coefficient (Wildman–Crippen LogP) is 2.33. The fourth-order valence-corrected chi connectivity index (χ4v) is 3.03. The molecule has 0 amide bonds. The van der Waals surface area contributed by atoms with Crippen LogP contribution in [-0.4, -0.2) is 38.3 Å². The van der Waals surface area contributed by atoms with Crippen molar-refractivity contribution in [3.05, 3.63) is 24.3 Å². The molecule has 1 aromatic rings. The minimum absolute atomic E-state index is 0. The summed E-state index contributed by atoms with van der Waals surface area (Å²) in [6, 6.07) is 6.63. The SMILES string of the molecule is CCCCCCCC(C(=O)OO)C(C)(C)C.CN(C)c1ccc(N=NS(=O)(=O)[O-])cc1.[Na+]. The minimum Gasteiger partial charge on any atom is -0.728 e. The molecule has 1 aromatic carbocycles. The van der Waals surface area contributed by atoms with Gasteiger partial charge in [-0.2, -0.15) is 5.26 Å². The van der Waals surface area contributed by atoms with Crippen LogP contribution in [0.25, 0.3) is 0 Å². The molecule has 0 aliphatic rings. The van der Waals surface area contributed by atoms with Gasteiger partial charge in [0.05, 0.1) is 11.6 Å². The van der Waals surface area contributed by atoms with Crippen molar-refractivity contribution in [2.24, 2.45) is 21.0 Å². The van der Waals surface area contributed by atoms with Crippen molar-refractivity contribution in [2.45, 2.75) is 66.2 Å². The molecule has 0 aromatic heterocycles. The average molecular weight is 482 g/mol. The summed E-state index contributed by atoms with van der Waals surface area (Å²) in [5, 5.41) is 11.7. The van der Waals surface area contributed by atoms with E-state index in [0.717, 1.165) is 24.9 Å². The first-order valence-corrected chi connectivity index (χ1v) is 11.7. The molecule has 178 valence electrons. The van der Waals surface area contributed by atoms with E-state index in [1.165, 1.54) is 19.3 Å². The molecule has 0 radical (unpaired) electrons. The van der Waals surface area contributed by atoms with E-state index in [0.29, 0.717) is 5.69 Å². The van der Waals surface area contributed by atoms with Gasteiger partial charge in [-0.1, -0.05) is 64.3 Å². The number of benzene rings is 1. The number of hydrogen-bond acceptors (Lipinski definition) is 8. The van der Waals surface area contributed by atoms with Gasteiger partial charge in [0.1, 0.15) is 0 Å². The molecule has 1 unspecified atom stereocenters. The molecule has 1 atom stereocenters. The molecule has 0 aliphatic carbocycles. The summed E-state index contributed by atoms with van der Waals surface area (Å²) < 4.78 is 33.1. The van der Waals surface area contributed by atoms with Crippen LogP contribution in [0.3, 0.4) is 0 Å². The molecule has 0 saturated carbocycles. The molecule has 0 saturated heterocycles. The number of carbonyl (C=O) groups excluding carboxylic acids is 1. The Balaban J connectivity index is 0. The van der Waals surface area contributed by atoms with Crippen LogP contribution >= 0.6 is 0 Å². The topological polar surface area (TPSA) is 132 Å². The summed E-state index contributed by atoms with van der Waals surface area (Å²) in [6.45, 7) is 8.18. The van der Waals surface area contributed by atoms with E-state index in [4.69, 9.17) is 5.26 Å². The average Bonchev–Trinajstić information content (AvgIpc) is 2.68. The van der Waals surface area contributed by atoms with Gasteiger partial charge in [-0.05, 0) is 36.1 Å². The summed E-state index contributed by atoms with van der Waals surface area (Å²) in [4.78, 5) is 17.2. The largest absolute Gasteiger partial charge is 1.00 e. The molecular weight excluding hydrogens is 445 g/mol. The van der Waals surface area contributed by atoms with Gasteiger partial charge in [0.25, 0.3) is 0 Å². The fourth-order valence-electron chi connectivity index (χ4n) is 2.83. The van der Waals surface area contributed by atoms with Gasteiger partial charge in [0.15, 0.2) is 0 Å². The molecule has 0 heterocycles. The van der Waals surface area contributed by atoms with Crippen LogP contribution in [0, 0.1) is 11.3 Å². The maximum atomic E-state index is 11.4. The first-order chi connectivity index (χ1) is 14.3. The monoisotopic (exact) mass is 481 g/mol. The quantitative estimate of drug-likeness (QED) is 0.135. The third-order valence-electron chi connectivity index (χ3n) is 4.64. The third kappa shape index (κ3) is 15.7. The second-order valence-electron chi connectivity index (χ2n) is 8.55. The van der Waals surface area contributed by atoms with Gasteiger partial charge in [0, 0.05) is 19.8 Å². The maximum absolute atomic E-state index is 11.4. The number of anilines is 1. The number of nitrogens with zero attached hydrogens (tertiary/aromatic N) is 3. The van der Waals surface area contributed by atoms with Crippen molar-refractivity contribution in [3.8, 4) is 0 Å². The molecule has 9 nitrogen and oxygen atoms in total.